The van der Waals surface area contributed by atoms with Gasteiger partial charge in [0.2, 0.25) is 0 Å². The predicted molar refractivity (Wildman–Crippen MR) is 64.1 cm³/mol. The molecular weight excluding hydrogens is 202 g/mol. The lowest BCUT2D eigenvalue weighted by Crippen LogP contribution is -2.20. The van der Waals surface area contributed by atoms with Gasteiger partial charge in [-0.25, -0.2) is 0 Å². The second kappa shape index (κ2) is 3.67. The number of hydrogen-bond donors (Lipinski definition) is 2. The van der Waals surface area contributed by atoms with E-state index in [2.05, 4.69) is 0 Å². The van der Waals surface area contributed by atoms with Crippen molar-refractivity contribution in [3.05, 3.63) is 22.8 Å². The first-order chi connectivity index (χ1) is 7.55. The molecule has 0 aromatic heterocycles. The molecule has 1 fully saturated rings. The fraction of sp³-hybridized carbons (Fsp3) is 0.538. The van der Waals surface area contributed by atoms with Crippen LogP contribution in [0.3, 0.4) is 0 Å². The standard InChI is InChI=1S/C13H19NO2/c1-8-6-10(13(7-14)4-5-13)11(15)12(16-3)9(8)2/h6,15H,4-5,7,14H2,1-3H3. The zero-order chi connectivity index (χ0) is 11.9. The number of nitrogens with two attached hydrogens (primary N) is 1. The van der Waals surface area contributed by atoms with Crippen LogP contribution in [0.5, 0.6) is 11.5 Å². The van der Waals surface area contributed by atoms with Gasteiger partial charge < -0.3 is 15.6 Å². The minimum absolute atomic E-state index is 0.00414. The van der Waals surface area contributed by atoms with Gasteiger partial charge in [0, 0.05) is 17.5 Å². The first kappa shape index (κ1) is 11.3. The largest absolute Gasteiger partial charge is 0.504 e. The Hall–Kier alpha value is -1.22. The molecule has 88 valence electrons. The van der Waals surface area contributed by atoms with Gasteiger partial charge in [-0.3, -0.25) is 0 Å². The van der Waals surface area contributed by atoms with Gasteiger partial charge in [0.25, 0.3) is 0 Å². The molecule has 16 heavy (non-hydrogen) atoms. The van der Waals surface area contributed by atoms with E-state index in [-0.39, 0.29) is 11.2 Å². The molecule has 1 aliphatic rings. The summed E-state index contributed by atoms with van der Waals surface area (Å²) < 4.78 is 5.27. The highest BCUT2D eigenvalue weighted by Gasteiger charge is 2.45. The van der Waals surface area contributed by atoms with Gasteiger partial charge >= 0.3 is 0 Å². The topological polar surface area (TPSA) is 55.5 Å². The zero-order valence-corrected chi connectivity index (χ0v) is 10.1. The molecule has 0 radical (unpaired) electrons. The number of hydrogen-bond acceptors (Lipinski definition) is 3. The second-order valence-electron chi connectivity index (χ2n) is 4.73. The van der Waals surface area contributed by atoms with Gasteiger partial charge in [0.05, 0.1) is 7.11 Å². The summed E-state index contributed by atoms with van der Waals surface area (Å²) in [6.07, 6.45) is 2.12. The van der Waals surface area contributed by atoms with E-state index >= 15 is 0 Å². The van der Waals surface area contributed by atoms with E-state index in [9.17, 15) is 5.11 Å². The van der Waals surface area contributed by atoms with Crippen molar-refractivity contribution in [1.82, 2.24) is 0 Å². The summed E-state index contributed by atoms with van der Waals surface area (Å²) in [6, 6.07) is 2.05. The molecular formula is C13H19NO2. The number of aromatic hydroxyl groups is 1. The van der Waals surface area contributed by atoms with Gasteiger partial charge in [0.15, 0.2) is 11.5 Å². The molecule has 1 aromatic rings. The van der Waals surface area contributed by atoms with Crippen LogP contribution in [-0.2, 0) is 5.41 Å². The van der Waals surface area contributed by atoms with Gasteiger partial charge in [0.1, 0.15) is 0 Å². The maximum Gasteiger partial charge on any atom is 0.163 e. The van der Waals surface area contributed by atoms with Crippen molar-refractivity contribution in [2.45, 2.75) is 32.1 Å². The Balaban J connectivity index is 2.59. The number of phenolic OH excluding ortho intramolecular Hbond substituents is 1. The van der Waals surface area contributed by atoms with Gasteiger partial charge in [-0.05, 0) is 37.8 Å². The predicted octanol–water partition coefficient (Wildman–Crippen LogP) is 2.01. The van der Waals surface area contributed by atoms with E-state index in [1.165, 1.54) is 0 Å². The molecule has 3 heteroatoms. The van der Waals surface area contributed by atoms with E-state index in [0.29, 0.717) is 12.3 Å². The number of methoxy groups -OCH3 is 1. The summed E-state index contributed by atoms with van der Waals surface area (Å²) in [5.74, 6) is 0.864. The Morgan fingerprint density at radius 3 is 2.50 bits per heavy atom. The molecule has 0 spiro atoms. The molecule has 0 aliphatic heterocycles. The lowest BCUT2D eigenvalue weighted by Gasteiger charge is -2.19. The number of aryl methyl sites for hydroxylation is 1. The highest BCUT2D eigenvalue weighted by Crippen LogP contribution is 2.53. The Morgan fingerprint density at radius 1 is 1.44 bits per heavy atom. The van der Waals surface area contributed by atoms with Crippen LogP contribution in [0.25, 0.3) is 0 Å². The average molecular weight is 221 g/mol. The molecule has 1 aliphatic carbocycles. The summed E-state index contributed by atoms with van der Waals surface area (Å²) in [6.45, 7) is 4.58. The molecule has 0 atom stereocenters. The zero-order valence-electron chi connectivity index (χ0n) is 10.1. The first-order valence-corrected chi connectivity index (χ1v) is 5.63. The number of phenols is 1. The third-order valence-corrected chi connectivity index (χ3v) is 3.78. The molecule has 3 N–H and O–H groups in total. The Morgan fingerprint density at radius 2 is 2.06 bits per heavy atom. The number of ether oxygens (including phenoxy) is 1. The van der Waals surface area contributed by atoms with Gasteiger partial charge in [-0.1, -0.05) is 6.07 Å². The van der Waals surface area contributed by atoms with E-state index in [1.54, 1.807) is 7.11 Å². The highest BCUT2D eigenvalue weighted by molar-refractivity contribution is 5.57. The van der Waals surface area contributed by atoms with Crippen LogP contribution >= 0.6 is 0 Å². The third-order valence-electron chi connectivity index (χ3n) is 3.78. The van der Waals surface area contributed by atoms with Crippen molar-refractivity contribution in [1.29, 1.82) is 0 Å². The maximum absolute atomic E-state index is 10.2. The normalized spacial score (nSPS) is 17.2. The first-order valence-electron chi connectivity index (χ1n) is 5.63. The Labute approximate surface area is 96.2 Å². The van der Waals surface area contributed by atoms with Crippen molar-refractivity contribution in [2.24, 2.45) is 5.73 Å². The molecule has 0 amide bonds. The minimum atomic E-state index is -0.00414. The number of benzene rings is 1. The van der Waals surface area contributed by atoms with Crippen LogP contribution in [0.15, 0.2) is 6.07 Å². The molecule has 1 aromatic carbocycles. The fourth-order valence-electron chi connectivity index (χ4n) is 2.26. The van der Waals surface area contributed by atoms with Crippen LogP contribution in [0.2, 0.25) is 0 Å². The van der Waals surface area contributed by atoms with E-state index in [0.717, 1.165) is 29.5 Å². The summed E-state index contributed by atoms with van der Waals surface area (Å²) in [4.78, 5) is 0. The lowest BCUT2D eigenvalue weighted by atomic mass is 9.91. The molecule has 3 nitrogen and oxygen atoms in total. The lowest BCUT2D eigenvalue weighted by molar-refractivity contribution is 0.364. The molecule has 1 saturated carbocycles. The van der Waals surface area contributed by atoms with Crippen LogP contribution < -0.4 is 10.5 Å². The summed E-state index contributed by atoms with van der Waals surface area (Å²) >= 11 is 0. The van der Waals surface area contributed by atoms with Gasteiger partial charge in [-0.15, -0.1) is 0 Å². The Kier molecular flexibility index (Phi) is 2.58. The van der Waals surface area contributed by atoms with Crippen LogP contribution in [0.1, 0.15) is 29.5 Å². The molecule has 0 saturated heterocycles. The summed E-state index contributed by atoms with van der Waals surface area (Å²) in [5.41, 5.74) is 8.89. The second-order valence-corrected chi connectivity index (χ2v) is 4.73. The van der Waals surface area contributed by atoms with Crippen molar-refractivity contribution in [3.8, 4) is 11.5 Å². The maximum atomic E-state index is 10.2. The SMILES string of the molecule is COc1c(C)c(C)cc(C2(CN)CC2)c1O. The van der Waals surface area contributed by atoms with E-state index in [1.807, 2.05) is 19.9 Å². The van der Waals surface area contributed by atoms with E-state index in [4.69, 9.17) is 10.5 Å². The van der Waals surface area contributed by atoms with Crippen LogP contribution in [0, 0.1) is 13.8 Å². The van der Waals surface area contributed by atoms with Crippen molar-refractivity contribution in [2.75, 3.05) is 13.7 Å². The van der Waals surface area contributed by atoms with Crippen LogP contribution in [0.4, 0.5) is 0 Å². The molecule has 0 bridgehead atoms. The quantitative estimate of drug-likeness (QED) is 0.821. The van der Waals surface area contributed by atoms with Crippen LogP contribution in [-0.4, -0.2) is 18.8 Å². The van der Waals surface area contributed by atoms with Crippen molar-refractivity contribution >= 4 is 0 Å². The molecule has 0 unspecified atom stereocenters. The molecule has 2 rings (SSSR count). The summed E-state index contributed by atoms with van der Waals surface area (Å²) in [5, 5.41) is 10.2. The smallest absolute Gasteiger partial charge is 0.163 e. The Bertz CT molecular complexity index is 422. The van der Waals surface area contributed by atoms with Gasteiger partial charge in [-0.2, -0.15) is 0 Å². The number of rotatable bonds is 3. The fourth-order valence-corrected chi connectivity index (χ4v) is 2.26. The van der Waals surface area contributed by atoms with Crippen molar-refractivity contribution < 1.29 is 9.84 Å². The third kappa shape index (κ3) is 1.47. The highest BCUT2D eigenvalue weighted by atomic mass is 16.5. The average Bonchev–Trinajstić information content (AvgIpc) is 3.05. The minimum Gasteiger partial charge on any atom is -0.504 e. The monoisotopic (exact) mass is 221 g/mol. The van der Waals surface area contributed by atoms with E-state index < -0.39 is 0 Å². The summed E-state index contributed by atoms with van der Waals surface area (Å²) in [7, 11) is 1.59. The molecule has 0 heterocycles. The van der Waals surface area contributed by atoms with Crippen molar-refractivity contribution in [3.63, 3.8) is 0 Å².